The molecule has 0 saturated carbocycles. The van der Waals surface area contributed by atoms with Gasteiger partial charge in [0.25, 0.3) is 0 Å². The summed E-state index contributed by atoms with van der Waals surface area (Å²) in [6, 6.07) is 21.6. The average molecular weight is 369 g/mol. The molecule has 0 atom stereocenters. The molecule has 6 nitrogen and oxygen atoms in total. The lowest BCUT2D eigenvalue weighted by Crippen LogP contribution is -2.33. The quantitative estimate of drug-likeness (QED) is 0.457. The minimum Gasteiger partial charge on any atom is -0.493 e. The maximum absolute atomic E-state index is 13.0. The highest BCUT2D eigenvalue weighted by molar-refractivity contribution is 6.00. The van der Waals surface area contributed by atoms with Gasteiger partial charge in [0.1, 0.15) is 0 Å². The highest BCUT2D eigenvalue weighted by Gasteiger charge is 2.48. The van der Waals surface area contributed by atoms with Gasteiger partial charge in [0, 0.05) is 16.5 Å². The average Bonchev–Trinajstić information content (AvgIpc) is 3.19. The summed E-state index contributed by atoms with van der Waals surface area (Å²) in [5.41, 5.74) is 1.45. The zero-order chi connectivity index (χ0) is 19.3. The Kier molecular flexibility index (Phi) is 3.44. The molecular weight excluding hydrogens is 354 g/mol. The largest absolute Gasteiger partial charge is 0.493 e. The van der Waals surface area contributed by atoms with Gasteiger partial charge in [-0.3, -0.25) is 4.79 Å². The summed E-state index contributed by atoms with van der Waals surface area (Å²) in [5, 5.41) is 29.9. The van der Waals surface area contributed by atoms with Gasteiger partial charge in [-0.05, 0) is 17.2 Å². The molecule has 0 unspecified atom stereocenters. The standard InChI is InChI=1S/C22H15N3O3/c26-20-19(15-9-3-6-12-18(15)23-20)24-25-21(27)22(28)16-10-4-1-7-13(16)14-8-2-5-11-17(14)22/h1-12,23,26,28H. The molecule has 0 radical (unpaired) electrons. The number of rotatable bonds is 2. The topological polar surface area (TPSA) is 98.0 Å². The molecular formula is C22H15N3O3. The van der Waals surface area contributed by atoms with Crippen LogP contribution in [0.2, 0.25) is 0 Å². The van der Waals surface area contributed by atoms with Crippen LogP contribution in [0.5, 0.6) is 5.88 Å². The molecule has 0 spiro atoms. The number of carbonyl (C=O) groups is 1. The van der Waals surface area contributed by atoms with E-state index in [1.807, 2.05) is 30.3 Å². The smallest absolute Gasteiger partial charge is 0.305 e. The van der Waals surface area contributed by atoms with Crippen molar-refractivity contribution in [1.29, 1.82) is 0 Å². The van der Waals surface area contributed by atoms with E-state index >= 15 is 0 Å². The molecule has 136 valence electrons. The minimum atomic E-state index is -1.92. The number of aromatic hydroxyl groups is 1. The van der Waals surface area contributed by atoms with Crippen molar-refractivity contribution >= 4 is 22.5 Å². The van der Waals surface area contributed by atoms with Crippen molar-refractivity contribution in [2.75, 3.05) is 0 Å². The molecule has 0 aliphatic heterocycles. The van der Waals surface area contributed by atoms with Crippen LogP contribution in [0.3, 0.4) is 0 Å². The van der Waals surface area contributed by atoms with Gasteiger partial charge in [-0.1, -0.05) is 66.7 Å². The lowest BCUT2D eigenvalue weighted by Gasteiger charge is -2.20. The normalized spacial score (nSPS) is 14.3. The number of benzene rings is 3. The molecule has 4 aromatic rings. The predicted molar refractivity (Wildman–Crippen MR) is 104 cm³/mol. The maximum atomic E-state index is 13.0. The molecule has 3 aromatic carbocycles. The lowest BCUT2D eigenvalue weighted by atomic mass is 9.91. The molecule has 1 heterocycles. The number of azo groups is 1. The number of aromatic amines is 1. The van der Waals surface area contributed by atoms with E-state index in [2.05, 4.69) is 15.2 Å². The molecule has 5 rings (SSSR count). The number of aromatic nitrogens is 1. The molecule has 0 saturated heterocycles. The minimum absolute atomic E-state index is 0.159. The summed E-state index contributed by atoms with van der Waals surface area (Å²) in [7, 11) is 0. The Morgan fingerprint density at radius 1 is 0.857 bits per heavy atom. The monoisotopic (exact) mass is 369 g/mol. The fourth-order valence-electron chi connectivity index (χ4n) is 3.82. The number of para-hydroxylation sites is 1. The van der Waals surface area contributed by atoms with Crippen LogP contribution < -0.4 is 0 Å². The van der Waals surface area contributed by atoms with Crippen LogP contribution in [0.15, 0.2) is 83.0 Å². The van der Waals surface area contributed by atoms with E-state index in [0.29, 0.717) is 22.0 Å². The van der Waals surface area contributed by atoms with Crippen molar-refractivity contribution in [1.82, 2.24) is 4.98 Å². The van der Waals surface area contributed by atoms with Crippen molar-refractivity contribution in [2.24, 2.45) is 10.2 Å². The van der Waals surface area contributed by atoms with Gasteiger partial charge < -0.3 is 15.2 Å². The Bertz CT molecular complexity index is 1230. The predicted octanol–water partition coefficient (Wildman–Crippen LogP) is 4.40. The lowest BCUT2D eigenvalue weighted by molar-refractivity contribution is -0.133. The Labute approximate surface area is 159 Å². The second kappa shape index (κ2) is 5.87. The molecule has 1 amide bonds. The van der Waals surface area contributed by atoms with Crippen LogP contribution in [0.25, 0.3) is 22.0 Å². The van der Waals surface area contributed by atoms with Crippen molar-refractivity contribution in [3.8, 4) is 17.0 Å². The SMILES string of the molecule is O=C(N=Nc1c(O)[nH]c2ccccc12)C1(O)c2ccccc2-c2ccccc21. The zero-order valence-electron chi connectivity index (χ0n) is 14.6. The molecule has 6 heteroatoms. The maximum Gasteiger partial charge on any atom is 0.305 e. The summed E-state index contributed by atoms with van der Waals surface area (Å²) in [5.74, 6) is -0.994. The number of nitrogens with zero attached hydrogens (tertiary/aromatic N) is 2. The van der Waals surface area contributed by atoms with Gasteiger partial charge in [-0.25, -0.2) is 0 Å². The van der Waals surface area contributed by atoms with Crippen LogP contribution in [0.1, 0.15) is 11.1 Å². The molecule has 0 fully saturated rings. The molecule has 28 heavy (non-hydrogen) atoms. The first-order valence-electron chi connectivity index (χ1n) is 8.78. The second-order valence-corrected chi connectivity index (χ2v) is 6.67. The number of hydrogen-bond donors (Lipinski definition) is 3. The van der Waals surface area contributed by atoms with Gasteiger partial charge in [0.05, 0.1) is 5.52 Å². The third-order valence-electron chi connectivity index (χ3n) is 5.13. The van der Waals surface area contributed by atoms with E-state index in [1.165, 1.54) is 0 Å². The Hall–Kier alpha value is -3.77. The molecule has 1 aliphatic rings. The molecule has 3 N–H and O–H groups in total. The summed E-state index contributed by atoms with van der Waals surface area (Å²) >= 11 is 0. The molecule has 1 aliphatic carbocycles. The van der Waals surface area contributed by atoms with Crippen LogP contribution >= 0.6 is 0 Å². The number of amides is 1. The van der Waals surface area contributed by atoms with E-state index in [-0.39, 0.29) is 11.6 Å². The third-order valence-corrected chi connectivity index (χ3v) is 5.13. The first-order chi connectivity index (χ1) is 13.6. The van der Waals surface area contributed by atoms with Crippen LogP contribution in [0.4, 0.5) is 5.69 Å². The number of hydrogen-bond acceptors (Lipinski definition) is 4. The van der Waals surface area contributed by atoms with Crippen molar-refractivity contribution < 1.29 is 15.0 Å². The van der Waals surface area contributed by atoms with E-state index < -0.39 is 11.5 Å². The van der Waals surface area contributed by atoms with Crippen LogP contribution in [-0.2, 0) is 10.4 Å². The number of aliphatic hydroxyl groups is 1. The van der Waals surface area contributed by atoms with E-state index in [4.69, 9.17) is 0 Å². The first kappa shape index (κ1) is 16.4. The van der Waals surface area contributed by atoms with E-state index in [0.717, 1.165) is 11.1 Å². The summed E-state index contributed by atoms with van der Waals surface area (Å²) < 4.78 is 0. The number of carbonyl (C=O) groups excluding carboxylic acids is 1. The number of nitrogens with one attached hydrogen (secondary N) is 1. The van der Waals surface area contributed by atoms with Gasteiger partial charge >= 0.3 is 5.91 Å². The first-order valence-corrected chi connectivity index (χ1v) is 8.78. The van der Waals surface area contributed by atoms with Crippen LogP contribution in [0, 0.1) is 0 Å². The van der Waals surface area contributed by atoms with Crippen molar-refractivity contribution in [3.05, 3.63) is 83.9 Å². The van der Waals surface area contributed by atoms with E-state index in [9.17, 15) is 15.0 Å². The molecule has 0 bridgehead atoms. The molecule has 1 aromatic heterocycles. The number of fused-ring (bicyclic) bond motifs is 4. The fourth-order valence-corrected chi connectivity index (χ4v) is 3.82. The van der Waals surface area contributed by atoms with Gasteiger partial charge in [0.2, 0.25) is 5.88 Å². The highest BCUT2D eigenvalue weighted by Crippen LogP contribution is 2.48. The Balaban J connectivity index is 1.62. The second-order valence-electron chi connectivity index (χ2n) is 6.67. The van der Waals surface area contributed by atoms with Gasteiger partial charge in [-0.15, -0.1) is 10.2 Å². The fraction of sp³-hybridized carbons (Fsp3) is 0.0455. The number of H-pyrrole nitrogens is 1. The Morgan fingerprint density at radius 2 is 1.43 bits per heavy atom. The highest BCUT2D eigenvalue weighted by atomic mass is 16.3. The van der Waals surface area contributed by atoms with E-state index in [1.54, 1.807) is 42.5 Å². The third kappa shape index (κ3) is 2.15. The summed E-state index contributed by atoms with van der Waals surface area (Å²) in [6.45, 7) is 0. The van der Waals surface area contributed by atoms with Crippen molar-refractivity contribution in [3.63, 3.8) is 0 Å². The summed E-state index contributed by atoms with van der Waals surface area (Å²) in [6.07, 6.45) is 0. The van der Waals surface area contributed by atoms with Gasteiger partial charge in [-0.2, -0.15) is 0 Å². The Morgan fingerprint density at radius 3 is 2.11 bits per heavy atom. The van der Waals surface area contributed by atoms with Crippen molar-refractivity contribution in [2.45, 2.75) is 5.60 Å². The van der Waals surface area contributed by atoms with Gasteiger partial charge in [0.15, 0.2) is 11.3 Å². The van der Waals surface area contributed by atoms with Crippen LogP contribution in [-0.4, -0.2) is 21.1 Å². The summed E-state index contributed by atoms with van der Waals surface area (Å²) in [4.78, 5) is 15.8. The zero-order valence-corrected chi connectivity index (χ0v) is 14.6.